The van der Waals surface area contributed by atoms with E-state index in [0.717, 1.165) is 33.3 Å². The highest BCUT2D eigenvalue weighted by Gasteiger charge is 2.28. The number of fused-ring (bicyclic) bond motifs is 1. The van der Waals surface area contributed by atoms with Gasteiger partial charge in [-0.05, 0) is 62.2 Å². The van der Waals surface area contributed by atoms with Crippen molar-refractivity contribution < 1.29 is 23.7 Å². The Morgan fingerprint density at radius 1 is 0.976 bits per heavy atom. The van der Waals surface area contributed by atoms with Gasteiger partial charge in [-0.1, -0.05) is 12.1 Å². The number of pyridine rings is 1. The van der Waals surface area contributed by atoms with Crippen LogP contribution in [0.3, 0.4) is 0 Å². The van der Waals surface area contributed by atoms with Gasteiger partial charge in [0.05, 0.1) is 19.8 Å². The number of nitrogens with zero attached hydrogens (tertiary/aromatic N) is 3. The van der Waals surface area contributed by atoms with Crippen molar-refractivity contribution in [2.45, 2.75) is 45.3 Å². The summed E-state index contributed by atoms with van der Waals surface area (Å²) >= 11 is 0. The van der Waals surface area contributed by atoms with E-state index in [1.807, 2.05) is 69.6 Å². The highest BCUT2D eigenvalue weighted by atomic mass is 16.6. The third-order valence-electron chi connectivity index (χ3n) is 7.05. The largest absolute Gasteiger partial charge is 0.493 e. The summed E-state index contributed by atoms with van der Waals surface area (Å²) in [4.78, 5) is 22.0. The number of rotatable bonds is 6. The Labute approximate surface area is 239 Å². The lowest BCUT2D eigenvalue weighted by Gasteiger charge is -2.33. The van der Waals surface area contributed by atoms with Crippen LogP contribution >= 0.6 is 0 Å². The summed E-state index contributed by atoms with van der Waals surface area (Å²) in [7, 11) is 3.22. The van der Waals surface area contributed by atoms with Gasteiger partial charge in [0.25, 0.3) is 0 Å². The molecule has 2 aromatic carbocycles. The van der Waals surface area contributed by atoms with Crippen molar-refractivity contribution in [2.75, 3.05) is 27.3 Å². The fraction of sp³-hybridized carbons (Fsp3) is 0.344. The van der Waals surface area contributed by atoms with Gasteiger partial charge >= 0.3 is 6.09 Å². The number of nitriles is 1. The second-order valence-corrected chi connectivity index (χ2v) is 11.0. The van der Waals surface area contributed by atoms with Crippen molar-refractivity contribution in [1.82, 2.24) is 14.9 Å². The summed E-state index contributed by atoms with van der Waals surface area (Å²) in [6, 6.07) is 15.8. The van der Waals surface area contributed by atoms with E-state index < -0.39 is 5.60 Å². The Balaban J connectivity index is 1.35. The first kappa shape index (κ1) is 27.8. The number of methoxy groups -OCH3 is 2. The number of piperidine rings is 1. The maximum atomic E-state index is 12.4. The van der Waals surface area contributed by atoms with Gasteiger partial charge in [0.15, 0.2) is 11.5 Å². The molecule has 5 rings (SSSR count). The molecule has 9 nitrogen and oxygen atoms in total. The van der Waals surface area contributed by atoms with Crippen LogP contribution in [-0.4, -0.2) is 60.0 Å². The average Bonchev–Trinajstić information content (AvgIpc) is 3.40. The van der Waals surface area contributed by atoms with Crippen molar-refractivity contribution >= 4 is 17.1 Å². The number of amides is 1. The van der Waals surface area contributed by atoms with Crippen molar-refractivity contribution in [1.29, 1.82) is 5.26 Å². The SMILES string of the molecule is COc1ccc(-c2cnc3[nH]cc(-c4ccc(OC5CCN(C(=O)OC(C)(C)C)CC5)c(C#N)c4)c3c2)cc1OC. The van der Waals surface area contributed by atoms with Crippen LogP contribution in [0, 0.1) is 11.3 Å². The van der Waals surface area contributed by atoms with E-state index in [2.05, 4.69) is 22.1 Å². The molecule has 1 fully saturated rings. The molecule has 0 spiro atoms. The lowest BCUT2D eigenvalue weighted by Crippen LogP contribution is -2.44. The fourth-order valence-corrected chi connectivity index (χ4v) is 4.97. The van der Waals surface area contributed by atoms with Gasteiger partial charge in [0.1, 0.15) is 29.2 Å². The lowest BCUT2D eigenvalue weighted by molar-refractivity contribution is 0.0126. The first-order chi connectivity index (χ1) is 19.7. The number of carbonyl (C=O) groups excluding carboxylic acids is 1. The van der Waals surface area contributed by atoms with Gasteiger partial charge in [0, 0.05) is 54.8 Å². The highest BCUT2D eigenvalue weighted by molar-refractivity contribution is 5.96. The predicted octanol–water partition coefficient (Wildman–Crippen LogP) is 6.56. The molecule has 0 atom stereocenters. The molecule has 0 unspecified atom stereocenters. The maximum Gasteiger partial charge on any atom is 0.410 e. The maximum absolute atomic E-state index is 12.4. The Bertz CT molecular complexity index is 1610. The minimum absolute atomic E-state index is 0.0898. The second kappa shape index (κ2) is 11.4. The number of aromatic amines is 1. The number of likely N-dealkylation sites (tertiary alicyclic amines) is 1. The first-order valence-electron chi connectivity index (χ1n) is 13.6. The number of hydrogen-bond acceptors (Lipinski definition) is 7. The number of benzene rings is 2. The van der Waals surface area contributed by atoms with E-state index >= 15 is 0 Å². The highest BCUT2D eigenvalue weighted by Crippen LogP contribution is 2.36. The summed E-state index contributed by atoms with van der Waals surface area (Å²) in [6.07, 6.45) is 4.65. The summed E-state index contributed by atoms with van der Waals surface area (Å²) in [5, 5.41) is 10.9. The van der Waals surface area contributed by atoms with E-state index in [9.17, 15) is 10.1 Å². The monoisotopic (exact) mass is 554 g/mol. The Kier molecular flexibility index (Phi) is 7.75. The molecule has 0 radical (unpaired) electrons. The zero-order valence-electron chi connectivity index (χ0n) is 24.0. The van der Waals surface area contributed by atoms with Gasteiger partial charge in [-0.3, -0.25) is 0 Å². The summed E-state index contributed by atoms with van der Waals surface area (Å²) in [5.41, 5.74) is 4.37. The number of carbonyl (C=O) groups is 1. The van der Waals surface area contributed by atoms with E-state index in [0.29, 0.717) is 48.7 Å². The van der Waals surface area contributed by atoms with Crippen LogP contribution in [0.15, 0.2) is 54.9 Å². The van der Waals surface area contributed by atoms with Crippen molar-refractivity contribution in [2.24, 2.45) is 0 Å². The number of hydrogen-bond donors (Lipinski definition) is 1. The number of aromatic nitrogens is 2. The quantitative estimate of drug-likeness (QED) is 0.287. The van der Waals surface area contributed by atoms with Crippen LogP contribution < -0.4 is 14.2 Å². The summed E-state index contributed by atoms with van der Waals surface area (Å²) in [6.45, 7) is 6.67. The molecule has 0 bridgehead atoms. The van der Waals surface area contributed by atoms with Crippen LogP contribution in [0.2, 0.25) is 0 Å². The summed E-state index contributed by atoms with van der Waals surface area (Å²) < 4.78 is 22.6. The number of ether oxygens (including phenoxy) is 4. The van der Waals surface area contributed by atoms with Crippen LogP contribution in [0.25, 0.3) is 33.3 Å². The molecule has 41 heavy (non-hydrogen) atoms. The Hall–Kier alpha value is -4.71. The van der Waals surface area contributed by atoms with Gasteiger partial charge < -0.3 is 28.8 Å². The molecular formula is C32H34N4O5. The topological polar surface area (TPSA) is 110 Å². The van der Waals surface area contributed by atoms with Crippen LogP contribution in [0.4, 0.5) is 4.79 Å². The molecule has 212 valence electrons. The second-order valence-electron chi connectivity index (χ2n) is 11.0. The molecule has 2 aromatic heterocycles. The Morgan fingerprint density at radius 3 is 2.37 bits per heavy atom. The van der Waals surface area contributed by atoms with Gasteiger partial charge in [-0.2, -0.15) is 5.26 Å². The lowest BCUT2D eigenvalue weighted by atomic mass is 10.0. The zero-order valence-corrected chi connectivity index (χ0v) is 24.0. The average molecular weight is 555 g/mol. The molecule has 9 heteroatoms. The molecule has 1 aliphatic rings. The van der Waals surface area contributed by atoms with Crippen molar-refractivity contribution in [3.05, 3.63) is 60.4 Å². The minimum atomic E-state index is -0.528. The normalized spacial score (nSPS) is 14.0. The van der Waals surface area contributed by atoms with Crippen LogP contribution in [-0.2, 0) is 4.74 Å². The van der Waals surface area contributed by atoms with E-state index in [-0.39, 0.29) is 12.2 Å². The summed E-state index contributed by atoms with van der Waals surface area (Å²) in [5.74, 6) is 1.84. The molecule has 0 saturated carbocycles. The van der Waals surface area contributed by atoms with Crippen molar-refractivity contribution in [3.8, 4) is 45.6 Å². The Morgan fingerprint density at radius 2 is 1.68 bits per heavy atom. The molecule has 4 aromatic rings. The third kappa shape index (κ3) is 6.07. The number of H-pyrrole nitrogens is 1. The molecular weight excluding hydrogens is 520 g/mol. The van der Waals surface area contributed by atoms with Crippen LogP contribution in [0.1, 0.15) is 39.2 Å². The number of nitrogens with one attached hydrogen (secondary N) is 1. The minimum Gasteiger partial charge on any atom is -0.493 e. The predicted molar refractivity (Wildman–Crippen MR) is 156 cm³/mol. The molecule has 1 amide bonds. The van der Waals surface area contributed by atoms with E-state index in [1.54, 1.807) is 19.1 Å². The standard InChI is InChI=1S/C32H34N4O5/c1-32(2,3)41-31(37)36-12-10-24(11-13-36)40-27-8-7-21(14-22(27)17-33)26-19-35-30-25(26)15-23(18-34-30)20-6-9-28(38-4)29(16-20)39-5/h6-9,14-16,18-19,24H,10-13H2,1-5H3,(H,34,35). The van der Waals surface area contributed by atoms with E-state index in [4.69, 9.17) is 18.9 Å². The fourth-order valence-electron chi connectivity index (χ4n) is 4.97. The van der Waals surface area contributed by atoms with Gasteiger partial charge in [-0.15, -0.1) is 0 Å². The molecule has 0 aliphatic carbocycles. The van der Waals surface area contributed by atoms with Crippen molar-refractivity contribution in [3.63, 3.8) is 0 Å². The van der Waals surface area contributed by atoms with Gasteiger partial charge in [-0.25, -0.2) is 9.78 Å². The van der Waals surface area contributed by atoms with E-state index in [1.165, 1.54) is 0 Å². The smallest absolute Gasteiger partial charge is 0.410 e. The molecule has 1 aliphatic heterocycles. The molecule has 3 heterocycles. The molecule has 1 saturated heterocycles. The van der Waals surface area contributed by atoms with Crippen LogP contribution in [0.5, 0.6) is 17.2 Å². The zero-order chi connectivity index (χ0) is 29.1. The molecule has 1 N–H and O–H groups in total. The third-order valence-corrected chi connectivity index (χ3v) is 7.05. The van der Waals surface area contributed by atoms with Gasteiger partial charge in [0.2, 0.25) is 0 Å². The first-order valence-corrected chi connectivity index (χ1v) is 13.6.